The van der Waals surface area contributed by atoms with Crippen molar-refractivity contribution in [3.8, 4) is 0 Å². The number of hydrazine groups is 1. The van der Waals surface area contributed by atoms with Crippen LogP contribution in [0.2, 0.25) is 5.02 Å². The molecule has 0 fully saturated rings. The lowest BCUT2D eigenvalue weighted by Gasteiger charge is -2.17. The van der Waals surface area contributed by atoms with Gasteiger partial charge >= 0.3 is 0 Å². The number of halogens is 3. The molecule has 0 radical (unpaired) electrons. The van der Waals surface area contributed by atoms with Gasteiger partial charge in [0.25, 0.3) is 0 Å². The van der Waals surface area contributed by atoms with Gasteiger partial charge in [0.2, 0.25) is 0 Å². The number of nitrogens with zero attached hydrogens (tertiary/aromatic N) is 1. The van der Waals surface area contributed by atoms with E-state index in [2.05, 4.69) is 42.3 Å². The zero-order chi connectivity index (χ0) is 13.8. The monoisotopic (exact) mass is 403 g/mol. The van der Waals surface area contributed by atoms with E-state index in [-0.39, 0.29) is 6.04 Å². The van der Waals surface area contributed by atoms with Crippen LogP contribution < -0.4 is 11.3 Å². The maximum atomic E-state index is 6.11. The molecule has 3 nitrogen and oxygen atoms in total. The number of rotatable bonds is 4. The third-order valence-corrected chi connectivity index (χ3v) is 4.41. The van der Waals surface area contributed by atoms with Crippen LogP contribution in [0.25, 0.3) is 0 Å². The Bertz CT molecular complexity index is 578. The van der Waals surface area contributed by atoms with E-state index in [9.17, 15) is 0 Å². The van der Waals surface area contributed by atoms with Gasteiger partial charge in [-0.25, -0.2) is 0 Å². The number of nitrogens with one attached hydrogen (secondary N) is 1. The second-order valence-electron chi connectivity index (χ2n) is 4.11. The molecule has 0 saturated heterocycles. The fourth-order valence-corrected chi connectivity index (χ4v) is 2.65. The normalized spacial score (nSPS) is 12.4. The second kappa shape index (κ2) is 6.81. The van der Waals surface area contributed by atoms with Gasteiger partial charge < -0.3 is 0 Å². The van der Waals surface area contributed by atoms with Crippen molar-refractivity contribution in [3.05, 3.63) is 61.8 Å². The Morgan fingerprint density at radius 1 is 1.26 bits per heavy atom. The molecule has 1 aromatic heterocycles. The molecule has 0 bridgehead atoms. The van der Waals surface area contributed by atoms with Gasteiger partial charge in [-0.15, -0.1) is 0 Å². The zero-order valence-electron chi connectivity index (χ0n) is 9.91. The van der Waals surface area contributed by atoms with E-state index in [0.29, 0.717) is 5.02 Å². The molecule has 0 amide bonds. The highest BCUT2D eigenvalue weighted by molar-refractivity contribution is 9.10. The number of nitrogens with two attached hydrogens (primary N) is 1. The van der Waals surface area contributed by atoms with Gasteiger partial charge in [0.15, 0.2) is 0 Å². The van der Waals surface area contributed by atoms with Crippen molar-refractivity contribution in [2.75, 3.05) is 0 Å². The second-order valence-corrected chi connectivity index (χ2v) is 6.29. The lowest BCUT2D eigenvalue weighted by molar-refractivity contribution is 0.551. The average Bonchev–Trinajstić information content (AvgIpc) is 2.39. The van der Waals surface area contributed by atoms with E-state index in [1.54, 1.807) is 6.20 Å². The van der Waals surface area contributed by atoms with Crippen LogP contribution in [0.15, 0.2) is 45.6 Å². The molecule has 19 heavy (non-hydrogen) atoms. The summed E-state index contributed by atoms with van der Waals surface area (Å²) in [5.74, 6) is 5.64. The van der Waals surface area contributed by atoms with Gasteiger partial charge in [0.1, 0.15) is 0 Å². The van der Waals surface area contributed by atoms with Crippen LogP contribution in [0.3, 0.4) is 0 Å². The fourth-order valence-electron chi connectivity index (χ4n) is 1.81. The smallest absolute Gasteiger partial charge is 0.0551 e. The summed E-state index contributed by atoms with van der Waals surface area (Å²) in [4.78, 5) is 4.15. The fraction of sp³-hybridized carbons (Fsp3) is 0.154. The van der Waals surface area contributed by atoms with Crippen molar-refractivity contribution < 1.29 is 0 Å². The first-order chi connectivity index (χ1) is 9.10. The van der Waals surface area contributed by atoms with E-state index in [1.807, 2.05) is 30.5 Å². The van der Waals surface area contributed by atoms with Crippen LogP contribution in [0.5, 0.6) is 0 Å². The van der Waals surface area contributed by atoms with Crippen molar-refractivity contribution >= 4 is 43.5 Å². The van der Waals surface area contributed by atoms with Crippen molar-refractivity contribution in [2.45, 2.75) is 12.5 Å². The molecule has 1 unspecified atom stereocenters. The van der Waals surface area contributed by atoms with E-state index < -0.39 is 0 Å². The third kappa shape index (κ3) is 4.00. The predicted octanol–water partition coefficient (Wildman–Crippen LogP) is 4.01. The topological polar surface area (TPSA) is 50.9 Å². The molecule has 0 aliphatic rings. The Kier molecular flexibility index (Phi) is 5.36. The molecule has 0 spiro atoms. The number of hydrogen-bond donors (Lipinski definition) is 2. The van der Waals surface area contributed by atoms with Crippen molar-refractivity contribution in [2.24, 2.45) is 5.84 Å². The van der Waals surface area contributed by atoms with Crippen LogP contribution >= 0.6 is 43.5 Å². The minimum atomic E-state index is -0.0123. The summed E-state index contributed by atoms with van der Waals surface area (Å²) < 4.78 is 1.83. The Labute approximate surface area is 133 Å². The Hall–Kier alpha value is -0.460. The maximum absolute atomic E-state index is 6.11. The largest absolute Gasteiger partial charge is 0.271 e. The highest BCUT2D eigenvalue weighted by atomic mass is 79.9. The first-order valence-corrected chi connectivity index (χ1v) is 7.57. The average molecular weight is 406 g/mol. The first kappa shape index (κ1) is 14.9. The van der Waals surface area contributed by atoms with Gasteiger partial charge in [0.05, 0.1) is 11.1 Å². The zero-order valence-corrected chi connectivity index (χ0v) is 13.8. The Balaban J connectivity index is 2.22. The van der Waals surface area contributed by atoms with E-state index in [4.69, 9.17) is 17.4 Å². The number of hydrogen-bond acceptors (Lipinski definition) is 3. The van der Waals surface area contributed by atoms with Crippen LogP contribution in [-0.4, -0.2) is 4.98 Å². The van der Waals surface area contributed by atoms with E-state index in [1.165, 1.54) is 0 Å². The molecule has 1 aromatic carbocycles. The minimum Gasteiger partial charge on any atom is -0.271 e. The summed E-state index contributed by atoms with van der Waals surface area (Å²) in [6, 6.07) is 7.83. The summed E-state index contributed by atoms with van der Waals surface area (Å²) >= 11 is 12.9. The van der Waals surface area contributed by atoms with Gasteiger partial charge in [-0.05, 0) is 67.6 Å². The van der Waals surface area contributed by atoms with Crippen molar-refractivity contribution in [3.63, 3.8) is 0 Å². The van der Waals surface area contributed by atoms with E-state index in [0.717, 1.165) is 26.5 Å². The third-order valence-electron chi connectivity index (χ3n) is 2.75. The molecular formula is C13H12Br2ClN3. The van der Waals surface area contributed by atoms with Crippen molar-refractivity contribution in [1.29, 1.82) is 0 Å². The molecule has 1 heterocycles. The summed E-state index contributed by atoms with van der Waals surface area (Å²) in [7, 11) is 0. The molecule has 2 aromatic rings. The molecule has 2 rings (SSSR count). The molecule has 100 valence electrons. The summed E-state index contributed by atoms with van der Waals surface area (Å²) in [6.07, 6.45) is 4.32. The molecule has 0 aliphatic heterocycles. The Morgan fingerprint density at radius 2 is 2.05 bits per heavy atom. The number of aromatic nitrogens is 1. The number of benzene rings is 1. The van der Waals surface area contributed by atoms with Crippen LogP contribution in [-0.2, 0) is 6.42 Å². The highest BCUT2D eigenvalue weighted by Gasteiger charge is 2.12. The van der Waals surface area contributed by atoms with Gasteiger partial charge in [-0.3, -0.25) is 16.3 Å². The van der Waals surface area contributed by atoms with Gasteiger partial charge in [-0.1, -0.05) is 17.7 Å². The Morgan fingerprint density at radius 3 is 2.68 bits per heavy atom. The molecule has 0 saturated carbocycles. The summed E-state index contributed by atoms with van der Waals surface area (Å²) in [5, 5.41) is 0.671. The minimum absolute atomic E-state index is 0.0123. The molecule has 0 aliphatic carbocycles. The number of pyridine rings is 1. The highest BCUT2D eigenvalue weighted by Crippen LogP contribution is 2.27. The molecule has 1 atom stereocenters. The standard InChI is InChI=1S/C13H12Br2ClN3/c14-10-3-8(6-18-7-10)4-13(19-17)9-1-2-11(15)12(16)5-9/h1-3,5-7,13,19H,4,17H2. The molecular weight excluding hydrogens is 393 g/mol. The van der Waals surface area contributed by atoms with Gasteiger partial charge in [-0.2, -0.15) is 0 Å². The molecule has 3 N–H and O–H groups in total. The summed E-state index contributed by atoms with van der Waals surface area (Å²) in [5.41, 5.74) is 4.95. The SMILES string of the molecule is NNC(Cc1cncc(Br)c1)c1ccc(Br)c(Cl)c1. The van der Waals surface area contributed by atoms with E-state index >= 15 is 0 Å². The van der Waals surface area contributed by atoms with Crippen LogP contribution in [0.1, 0.15) is 17.2 Å². The lowest BCUT2D eigenvalue weighted by atomic mass is 10.0. The van der Waals surface area contributed by atoms with Crippen LogP contribution in [0.4, 0.5) is 0 Å². The predicted molar refractivity (Wildman–Crippen MR) is 84.9 cm³/mol. The van der Waals surface area contributed by atoms with Crippen LogP contribution in [0, 0.1) is 0 Å². The first-order valence-electron chi connectivity index (χ1n) is 5.60. The van der Waals surface area contributed by atoms with Gasteiger partial charge in [0, 0.05) is 21.3 Å². The maximum Gasteiger partial charge on any atom is 0.0551 e. The molecule has 6 heteroatoms. The lowest BCUT2D eigenvalue weighted by Crippen LogP contribution is -2.29. The summed E-state index contributed by atoms with van der Waals surface area (Å²) in [6.45, 7) is 0. The quantitative estimate of drug-likeness (QED) is 0.597. The van der Waals surface area contributed by atoms with Crippen molar-refractivity contribution in [1.82, 2.24) is 10.4 Å².